The standard InChI is InChI=1S/C13H17NOS/c1-3-13(2,15)9-14-11-4-5-12-10(8-11)6-7-16-12/h4-8,14-15H,3,9H2,1-2H3. The maximum atomic E-state index is 9.90. The van der Waals surface area contributed by atoms with Crippen molar-refractivity contribution < 1.29 is 5.11 Å². The molecule has 1 aromatic carbocycles. The molecule has 1 aromatic heterocycles. The van der Waals surface area contributed by atoms with Gasteiger partial charge in [0.2, 0.25) is 0 Å². The third-order valence-electron chi connectivity index (χ3n) is 2.89. The number of benzene rings is 1. The minimum atomic E-state index is -0.635. The van der Waals surface area contributed by atoms with Gasteiger partial charge in [-0.1, -0.05) is 6.92 Å². The van der Waals surface area contributed by atoms with Gasteiger partial charge in [0.15, 0.2) is 0 Å². The minimum Gasteiger partial charge on any atom is -0.388 e. The predicted molar refractivity (Wildman–Crippen MR) is 71.2 cm³/mol. The van der Waals surface area contributed by atoms with Crippen LogP contribution in [0.3, 0.4) is 0 Å². The molecule has 2 rings (SSSR count). The Morgan fingerprint density at radius 2 is 2.19 bits per heavy atom. The van der Waals surface area contributed by atoms with Crippen LogP contribution in [0.25, 0.3) is 10.1 Å². The molecule has 0 spiro atoms. The van der Waals surface area contributed by atoms with Crippen LogP contribution in [0.4, 0.5) is 5.69 Å². The van der Waals surface area contributed by atoms with Crippen LogP contribution >= 0.6 is 11.3 Å². The Balaban J connectivity index is 2.09. The van der Waals surface area contributed by atoms with Gasteiger partial charge in [0.05, 0.1) is 5.60 Å². The quantitative estimate of drug-likeness (QED) is 0.850. The fourth-order valence-electron chi connectivity index (χ4n) is 1.49. The Kier molecular flexibility index (Phi) is 3.17. The van der Waals surface area contributed by atoms with E-state index in [1.54, 1.807) is 11.3 Å². The Bertz CT molecular complexity index is 475. The molecule has 2 nitrogen and oxygen atoms in total. The third kappa shape index (κ3) is 2.54. The van der Waals surface area contributed by atoms with Gasteiger partial charge < -0.3 is 10.4 Å². The largest absolute Gasteiger partial charge is 0.388 e. The van der Waals surface area contributed by atoms with E-state index in [9.17, 15) is 5.11 Å². The van der Waals surface area contributed by atoms with Crippen molar-refractivity contribution in [3.05, 3.63) is 29.6 Å². The first kappa shape index (κ1) is 11.4. The van der Waals surface area contributed by atoms with E-state index in [0.29, 0.717) is 6.54 Å². The van der Waals surface area contributed by atoms with Crippen LogP contribution < -0.4 is 5.32 Å². The Morgan fingerprint density at radius 3 is 2.94 bits per heavy atom. The first-order chi connectivity index (χ1) is 7.61. The summed E-state index contributed by atoms with van der Waals surface area (Å²) in [5.41, 5.74) is 0.434. The molecule has 0 saturated heterocycles. The predicted octanol–water partition coefficient (Wildman–Crippen LogP) is 3.47. The molecule has 0 saturated carbocycles. The zero-order chi connectivity index (χ0) is 11.6. The first-order valence-electron chi connectivity index (χ1n) is 5.54. The summed E-state index contributed by atoms with van der Waals surface area (Å²) in [5, 5.41) is 16.5. The number of anilines is 1. The number of aliphatic hydroxyl groups is 1. The van der Waals surface area contributed by atoms with Crippen LogP contribution in [-0.2, 0) is 0 Å². The van der Waals surface area contributed by atoms with E-state index in [4.69, 9.17) is 0 Å². The van der Waals surface area contributed by atoms with Crippen molar-refractivity contribution in [2.24, 2.45) is 0 Å². The van der Waals surface area contributed by atoms with Gasteiger partial charge in [-0.05, 0) is 48.4 Å². The topological polar surface area (TPSA) is 32.3 Å². The number of hydrogen-bond acceptors (Lipinski definition) is 3. The van der Waals surface area contributed by atoms with Crippen LogP contribution in [0.5, 0.6) is 0 Å². The lowest BCUT2D eigenvalue weighted by Crippen LogP contribution is -2.32. The molecule has 0 amide bonds. The molecule has 86 valence electrons. The van der Waals surface area contributed by atoms with Crippen LogP contribution in [0.15, 0.2) is 29.6 Å². The van der Waals surface area contributed by atoms with E-state index in [0.717, 1.165) is 12.1 Å². The summed E-state index contributed by atoms with van der Waals surface area (Å²) in [6, 6.07) is 8.41. The maximum absolute atomic E-state index is 9.90. The van der Waals surface area contributed by atoms with E-state index < -0.39 is 5.60 Å². The van der Waals surface area contributed by atoms with E-state index in [1.165, 1.54) is 10.1 Å². The summed E-state index contributed by atoms with van der Waals surface area (Å²) in [7, 11) is 0. The fourth-order valence-corrected chi connectivity index (χ4v) is 2.27. The molecule has 0 fully saturated rings. The molecule has 1 heterocycles. The normalized spacial score (nSPS) is 14.9. The average molecular weight is 235 g/mol. The van der Waals surface area contributed by atoms with Gasteiger partial charge in [-0.25, -0.2) is 0 Å². The molecule has 0 bridgehead atoms. The van der Waals surface area contributed by atoms with Crippen molar-refractivity contribution >= 4 is 27.1 Å². The molecule has 2 N–H and O–H groups in total. The molecule has 2 aromatic rings. The van der Waals surface area contributed by atoms with Crippen LogP contribution in [0, 0.1) is 0 Å². The number of hydrogen-bond donors (Lipinski definition) is 2. The maximum Gasteiger partial charge on any atom is 0.0788 e. The molecule has 1 unspecified atom stereocenters. The van der Waals surface area contributed by atoms with Crippen LogP contribution in [0.2, 0.25) is 0 Å². The fraction of sp³-hybridized carbons (Fsp3) is 0.385. The minimum absolute atomic E-state index is 0.582. The highest BCUT2D eigenvalue weighted by Crippen LogP contribution is 2.24. The Labute approximate surface area is 99.9 Å². The SMILES string of the molecule is CCC(C)(O)CNc1ccc2sccc2c1. The van der Waals surface area contributed by atoms with Gasteiger partial charge in [-0.2, -0.15) is 0 Å². The third-order valence-corrected chi connectivity index (χ3v) is 3.79. The molecule has 0 aliphatic carbocycles. The Morgan fingerprint density at radius 1 is 1.38 bits per heavy atom. The van der Waals surface area contributed by atoms with Crippen LogP contribution in [-0.4, -0.2) is 17.3 Å². The van der Waals surface area contributed by atoms with Crippen molar-refractivity contribution in [3.8, 4) is 0 Å². The second-order valence-corrected chi connectivity index (χ2v) is 5.32. The van der Waals surface area contributed by atoms with E-state index >= 15 is 0 Å². The first-order valence-corrected chi connectivity index (χ1v) is 6.42. The summed E-state index contributed by atoms with van der Waals surface area (Å²) < 4.78 is 1.30. The van der Waals surface area contributed by atoms with Crippen molar-refractivity contribution in [1.29, 1.82) is 0 Å². The van der Waals surface area contributed by atoms with Crippen molar-refractivity contribution in [2.75, 3.05) is 11.9 Å². The smallest absolute Gasteiger partial charge is 0.0788 e. The highest BCUT2D eigenvalue weighted by molar-refractivity contribution is 7.17. The lowest BCUT2D eigenvalue weighted by Gasteiger charge is -2.22. The Hall–Kier alpha value is -1.06. The van der Waals surface area contributed by atoms with Gasteiger partial charge in [-0.3, -0.25) is 0 Å². The summed E-state index contributed by atoms with van der Waals surface area (Å²) in [5.74, 6) is 0. The van der Waals surface area contributed by atoms with Gasteiger partial charge in [-0.15, -0.1) is 11.3 Å². The van der Waals surface area contributed by atoms with Gasteiger partial charge >= 0.3 is 0 Å². The molecular formula is C13H17NOS. The summed E-state index contributed by atoms with van der Waals surface area (Å²) >= 11 is 1.75. The number of rotatable bonds is 4. The zero-order valence-electron chi connectivity index (χ0n) is 9.66. The molecule has 0 aliphatic heterocycles. The van der Waals surface area contributed by atoms with Crippen molar-refractivity contribution in [2.45, 2.75) is 25.9 Å². The highest BCUT2D eigenvalue weighted by atomic mass is 32.1. The second-order valence-electron chi connectivity index (χ2n) is 4.38. The van der Waals surface area contributed by atoms with E-state index in [-0.39, 0.29) is 0 Å². The van der Waals surface area contributed by atoms with Crippen LogP contribution in [0.1, 0.15) is 20.3 Å². The molecule has 1 atom stereocenters. The van der Waals surface area contributed by atoms with Gasteiger partial charge in [0.25, 0.3) is 0 Å². The summed E-state index contributed by atoms with van der Waals surface area (Å²) in [6.45, 7) is 4.42. The molecule has 0 radical (unpaired) electrons. The molecule has 0 aliphatic rings. The van der Waals surface area contributed by atoms with Crippen molar-refractivity contribution in [1.82, 2.24) is 0 Å². The lowest BCUT2D eigenvalue weighted by atomic mass is 10.0. The zero-order valence-corrected chi connectivity index (χ0v) is 10.5. The summed E-state index contributed by atoms with van der Waals surface area (Å²) in [4.78, 5) is 0. The van der Waals surface area contributed by atoms with E-state index in [1.807, 2.05) is 13.8 Å². The molecule has 16 heavy (non-hydrogen) atoms. The number of fused-ring (bicyclic) bond motifs is 1. The van der Waals surface area contributed by atoms with Gasteiger partial charge in [0.1, 0.15) is 0 Å². The molecular weight excluding hydrogens is 218 g/mol. The number of thiophene rings is 1. The molecule has 3 heteroatoms. The second kappa shape index (κ2) is 4.44. The summed E-state index contributed by atoms with van der Waals surface area (Å²) in [6.07, 6.45) is 0.751. The number of nitrogens with one attached hydrogen (secondary N) is 1. The average Bonchev–Trinajstić information content (AvgIpc) is 2.73. The van der Waals surface area contributed by atoms with E-state index in [2.05, 4.69) is 35.0 Å². The van der Waals surface area contributed by atoms with Gasteiger partial charge in [0, 0.05) is 16.9 Å². The monoisotopic (exact) mass is 235 g/mol. The highest BCUT2D eigenvalue weighted by Gasteiger charge is 2.16. The lowest BCUT2D eigenvalue weighted by molar-refractivity contribution is 0.0697. The van der Waals surface area contributed by atoms with Crippen molar-refractivity contribution in [3.63, 3.8) is 0 Å².